The maximum atomic E-state index is 5.91. The van der Waals surface area contributed by atoms with Crippen LogP contribution in [0.1, 0.15) is 29.7 Å². The number of hydrogen-bond acceptors (Lipinski definition) is 5. The smallest absolute Gasteiger partial charge is 0.231 e. The quantitative estimate of drug-likeness (QED) is 0.796. The van der Waals surface area contributed by atoms with Crippen molar-refractivity contribution < 1.29 is 9.15 Å². The third kappa shape index (κ3) is 2.52. The van der Waals surface area contributed by atoms with Crippen molar-refractivity contribution in [2.45, 2.75) is 32.2 Å². The highest BCUT2D eigenvalue weighted by molar-refractivity contribution is 5.90. The lowest BCUT2D eigenvalue weighted by Crippen LogP contribution is -2.05. The molecular formula is C18H19N3O2. The number of para-hydroxylation sites is 1. The van der Waals surface area contributed by atoms with Crippen molar-refractivity contribution in [3.63, 3.8) is 0 Å². The summed E-state index contributed by atoms with van der Waals surface area (Å²) in [6, 6.07) is 7.99. The highest BCUT2D eigenvalue weighted by Gasteiger charge is 2.21. The van der Waals surface area contributed by atoms with Gasteiger partial charge in [0, 0.05) is 24.1 Å². The van der Waals surface area contributed by atoms with Crippen LogP contribution in [0.15, 0.2) is 35.0 Å². The number of methoxy groups -OCH3 is 1. The van der Waals surface area contributed by atoms with Gasteiger partial charge in [-0.1, -0.05) is 18.2 Å². The van der Waals surface area contributed by atoms with Gasteiger partial charge in [0.2, 0.25) is 5.71 Å². The monoisotopic (exact) mass is 309 g/mol. The van der Waals surface area contributed by atoms with Gasteiger partial charge in [0.05, 0.1) is 12.5 Å². The van der Waals surface area contributed by atoms with Gasteiger partial charge < -0.3 is 14.5 Å². The number of anilines is 1. The molecule has 0 spiro atoms. The Morgan fingerprint density at radius 3 is 2.96 bits per heavy atom. The maximum Gasteiger partial charge on any atom is 0.231 e. The summed E-state index contributed by atoms with van der Waals surface area (Å²) < 4.78 is 11.3. The van der Waals surface area contributed by atoms with Crippen LogP contribution >= 0.6 is 0 Å². The number of aryl methyl sites for hydroxylation is 2. The summed E-state index contributed by atoms with van der Waals surface area (Å²) in [5, 5.41) is 4.46. The van der Waals surface area contributed by atoms with E-state index in [0.717, 1.165) is 41.1 Å². The molecule has 0 radical (unpaired) electrons. The number of aromatic nitrogens is 2. The molecule has 5 nitrogen and oxygen atoms in total. The maximum absolute atomic E-state index is 5.91. The van der Waals surface area contributed by atoms with Crippen molar-refractivity contribution in [1.82, 2.24) is 9.97 Å². The van der Waals surface area contributed by atoms with Crippen LogP contribution in [0, 0.1) is 0 Å². The molecule has 0 fully saturated rings. The largest absolute Gasteiger partial charge is 0.496 e. The highest BCUT2D eigenvalue weighted by Crippen LogP contribution is 2.34. The molecule has 1 N–H and O–H groups in total. The van der Waals surface area contributed by atoms with Crippen LogP contribution in [0.5, 0.6) is 5.75 Å². The number of furan rings is 1. The van der Waals surface area contributed by atoms with Gasteiger partial charge in [-0.25, -0.2) is 9.97 Å². The Morgan fingerprint density at radius 2 is 2.04 bits per heavy atom. The predicted octanol–water partition coefficient (Wildman–Crippen LogP) is 3.72. The molecule has 0 bridgehead atoms. The van der Waals surface area contributed by atoms with E-state index in [1.54, 1.807) is 13.4 Å². The lowest BCUT2D eigenvalue weighted by atomic mass is 9.96. The standard InChI is InChI=1S/C18H19N3O2/c1-22-14-8-4-2-6-12(14)10-19-17-16-13-7-3-5-9-15(13)23-18(16)21-11-20-17/h2,4,6,8,11H,3,5,7,9-10H2,1H3,(H,19,20,21). The summed E-state index contributed by atoms with van der Waals surface area (Å²) in [6.45, 7) is 0.649. The van der Waals surface area contributed by atoms with Crippen LogP contribution in [0.4, 0.5) is 5.82 Å². The van der Waals surface area contributed by atoms with Gasteiger partial charge in [-0.15, -0.1) is 0 Å². The van der Waals surface area contributed by atoms with Crippen molar-refractivity contribution in [2.24, 2.45) is 0 Å². The van der Waals surface area contributed by atoms with Gasteiger partial charge in [-0.2, -0.15) is 0 Å². The van der Waals surface area contributed by atoms with Crippen molar-refractivity contribution in [3.05, 3.63) is 47.5 Å². The van der Waals surface area contributed by atoms with Crippen LogP contribution in [-0.4, -0.2) is 17.1 Å². The highest BCUT2D eigenvalue weighted by atomic mass is 16.5. The van der Waals surface area contributed by atoms with Crippen molar-refractivity contribution in [1.29, 1.82) is 0 Å². The first-order chi connectivity index (χ1) is 11.4. The molecule has 5 heteroatoms. The van der Waals surface area contributed by atoms with E-state index in [1.165, 1.54) is 18.4 Å². The zero-order valence-corrected chi connectivity index (χ0v) is 13.1. The fourth-order valence-corrected chi connectivity index (χ4v) is 3.25. The molecule has 1 aliphatic rings. The normalized spacial score (nSPS) is 13.8. The third-order valence-electron chi connectivity index (χ3n) is 4.39. The molecule has 0 unspecified atom stereocenters. The molecule has 4 rings (SSSR count). The second kappa shape index (κ2) is 5.91. The van der Waals surface area contributed by atoms with E-state index in [4.69, 9.17) is 9.15 Å². The SMILES string of the molecule is COc1ccccc1CNc1ncnc2oc3c(c12)CCCC3. The Labute approximate surface area is 134 Å². The lowest BCUT2D eigenvalue weighted by molar-refractivity contribution is 0.410. The fourth-order valence-electron chi connectivity index (χ4n) is 3.25. The fraction of sp³-hybridized carbons (Fsp3) is 0.333. The van der Waals surface area contributed by atoms with E-state index in [0.29, 0.717) is 12.3 Å². The Kier molecular flexibility index (Phi) is 3.61. The van der Waals surface area contributed by atoms with Gasteiger partial charge in [0.25, 0.3) is 0 Å². The van der Waals surface area contributed by atoms with Crippen molar-refractivity contribution in [3.8, 4) is 5.75 Å². The molecule has 2 aromatic heterocycles. The van der Waals surface area contributed by atoms with Crippen LogP contribution in [0.3, 0.4) is 0 Å². The Morgan fingerprint density at radius 1 is 1.17 bits per heavy atom. The molecular weight excluding hydrogens is 290 g/mol. The Bertz CT molecular complexity index is 841. The molecule has 23 heavy (non-hydrogen) atoms. The van der Waals surface area contributed by atoms with Crippen molar-refractivity contribution >= 4 is 16.9 Å². The van der Waals surface area contributed by atoms with Gasteiger partial charge >= 0.3 is 0 Å². The molecule has 2 heterocycles. The molecule has 0 aliphatic heterocycles. The molecule has 1 aliphatic carbocycles. The summed E-state index contributed by atoms with van der Waals surface area (Å²) in [5.41, 5.74) is 3.06. The van der Waals surface area contributed by atoms with Crippen LogP contribution in [-0.2, 0) is 19.4 Å². The predicted molar refractivity (Wildman–Crippen MR) is 88.8 cm³/mol. The van der Waals surface area contributed by atoms with Gasteiger partial charge in [0.15, 0.2) is 0 Å². The average molecular weight is 309 g/mol. The molecule has 118 valence electrons. The first-order valence-electron chi connectivity index (χ1n) is 7.98. The van der Waals surface area contributed by atoms with E-state index < -0.39 is 0 Å². The zero-order chi connectivity index (χ0) is 15.6. The van der Waals surface area contributed by atoms with E-state index in [-0.39, 0.29) is 0 Å². The summed E-state index contributed by atoms with van der Waals surface area (Å²) in [4.78, 5) is 8.73. The third-order valence-corrected chi connectivity index (χ3v) is 4.39. The minimum Gasteiger partial charge on any atom is -0.496 e. The number of benzene rings is 1. The topological polar surface area (TPSA) is 60.2 Å². The average Bonchev–Trinajstić information content (AvgIpc) is 2.99. The molecule has 3 aromatic rings. The van der Waals surface area contributed by atoms with Gasteiger partial charge in [-0.05, 0) is 25.3 Å². The summed E-state index contributed by atoms with van der Waals surface area (Å²) in [7, 11) is 1.69. The Balaban J connectivity index is 1.68. The number of nitrogens with one attached hydrogen (secondary N) is 1. The molecule has 0 amide bonds. The molecule has 0 atom stereocenters. The Hall–Kier alpha value is -2.56. The van der Waals surface area contributed by atoms with Crippen LogP contribution < -0.4 is 10.1 Å². The number of rotatable bonds is 4. The van der Waals surface area contributed by atoms with Crippen LogP contribution in [0.25, 0.3) is 11.1 Å². The van der Waals surface area contributed by atoms with E-state index in [9.17, 15) is 0 Å². The summed E-state index contributed by atoms with van der Waals surface area (Å²) in [5.74, 6) is 2.79. The molecule has 0 saturated heterocycles. The minimum absolute atomic E-state index is 0.649. The van der Waals surface area contributed by atoms with E-state index in [2.05, 4.69) is 21.4 Å². The second-order valence-corrected chi connectivity index (χ2v) is 5.78. The zero-order valence-electron chi connectivity index (χ0n) is 13.1. The van der Waals surface area contributed by atoms with Crippen molar-refractivity contribution in [2.75, 3.05) is 12.4 Å². The number of fused-ring (bicyclic) bond motifs is 3. The van der Waals surface area contributed by atoms with E-state index >= 15 is 0 Å². The summed E-state index contributed by atoms with van der Waals surface area (Å²) in [6.07, 6.45) is 5.98. The first kappa shape index (κ1) is 14.1. The lowest BCUT2D eigenvalue weighted by Gasteiger charge is -2.12. The van der Waals surface area contributed by atoms with Gasteiger partial charge in [-0.3, -0.25) is 0 Å². The second-order valence-electron chi connectivity index (χ2n) is 5.78. The summed E-state index contributed by atoms with van der Waals surface area (Å²) >= 11 is 0. The van der Waals surface area contributed by atoms with Crippen LogP contribution in [0.2, 0.25) is 0 Å². The molecule has 0 saturated carbocycles. The van der Waals surface area contributed by atoms with Gasteiger partial charge in [0.1, 0.15) is 23.7 Å². The minimum atomic E-state index is 0.649. The first-order valence-corrected chi connectivity index (χ1v) is 7.98. The van der Waals surface area contributed by atoms with E-state index in [1.807, 2.05) is 18.2 Å². The number of nitrogens with zero attached hydrogens (tertiary/aromatic N) is 2. The number of hydrogen-bond donors (Lipinski definition) is 1. The molecule has 1 aromatic carbocycles. The number of ether oxygens (including phenoxy) is 1.